The van der Waals surface area contributed by atoms with Crippen molar-refractivity contribution in [3.63, 3.8) is 0 Å². The lowest BCUT2D eigenvalue weighted by Gasteiger charge is -1.90. The average Bonchev–Trinajstić information content (AvgIpc) is 1.65. The average molecular weight is 99.1 g/mol. The topological polar surface area (TPSA) is 75.9 Å². The molecule has 0 fully saturated rings. The van der Waals surface area contributed by atoms with E-state index in [2.05, 4.69) is 0 Å². The van der Waals surface area contributed by atoms with E-state index in [0.29, 0.717) is 11.4 Å². The van der Waals surface area contributed by atoms with Gasteiger partial charge in [0, 0.05) is 11.9 Å². The molecule has 0 aliphatic rings. The third-order valence-corrected chi connectivity index (χ3v) is 0.611. The smallest absolute Gasteiger partial charge is 0.0680 e. The van der Waals surface area contributed by atoms with Gasteiger partial charge in [-0.15, -0.1) is 0 Å². The minimum Gasteiger partial charge on any atom is -0.401 e. The molecule has 0 aromatic heterocycles. The van der Waals surface area contributed by atoms with Crippen LogP contribution >= 0.6 is 0 Å². The third-order valence-electron chi connectivity index (χ3n) is 0.611. The monoisotopic (exact) mass is 99.1 g/mol. The minimum atomic E-state index is 0.333. The number of hydrogen-bond donors (Lipinski definition) is 3. The molecular formula is C4H9N3. The lowest BCUT2D eigenvalue weighted by molar-refractivity contribution is 1.23. The van der Waals surface area contributed by atoms with Gasteiger partial charge in [0.25, 0.3) is 0 Å². The fourth-order valence-electron chi connectivity index (χ4n) is 0.114. The van der Waals surface area contributed by atoms with Crippen molar-refractivity contribution in [3.05, 3.63) is 11.4 Å². The Bertz CT molecular complexity index is 99.5. The van der Waals surface area contributed by atoms with E-state index in [9.17, 15) is 0 Å². The molecule has 3 heteroatoms. The molecule has 0 aliphatic carbocycles. The Morgan fingerprint density at radius 3 is 2.00 bits per heavy atom. The van der Waals surface area contributed by atoms with E-state index in [1.54, 1.807) is 6.92 Å². The Kier molecular flexibility index (Phi) is 1.91. The predicted molar refractivity (Wildman–Crippen MR) is 29.9 cm³/mol. The Morgan fingerprint density at radius 2 is 2.00 bits per heavy atom. The molecule has 0 saturated heterocycles. The second-order valence-electron chi connectivity index (χ2n) is 1.28. The fraction of sp³-hybridized carbons (Fsp3) is 0.250. The Labute approximate surface area is 42.5 Å². The number of nitrogens with two attached hydrogens (primary N) is 2. The maximum absolute atomic E-state index is 6.55. The molecule has 0 saturated carbocycles. The zero-order valence-electron chi connectivity index (χ0n) is 4.23. The normalized spacial score (nSPS) is 12.7. The van der Waals surface area contributed by atoms with Crippen molar-refractivity contribution in [1.82, 2.24) is 0 Å². The first kappa shape index (κ1) is 6.01. The standard InChI is InChI=1S/C4H9N3/c1-3(6)4(7)2-5/h2,5H,6-7H2,1H3/b4-3+,5-2?. The van der Waals surface area contributed by atoms with E-state index in [1.165, 1.54) is 0 Å². The lowest BCUT2D eigenvalue weighted by atomic mass is 10.4. The zero-order valence-corrected chi connectivity index (χ0v) is 4.23. The first-order valence-electron chi connectivity index (χ1n) is 1.90. The summed E-state index contributed by atoms with van der Waals surface area (Å²) >= 11 is 0. The van der Waals surface area contributed by atoms with Crippen LogP contribution in [0, 0.1) is 5.41 Å². The Morgan fingerprint density at radius 1 is 1.57 bits per heavy atom. The largest absolute Gasteiger partial charge is 0.401 e. The number of allylic oxidation sites excluding steroid dienone is 2. The molecule has 0 aromatic rings. The van der Waals surface area contributed by atoms with Crippen LogP contribution in [0.5, 0.6) is 0 Å². The highest BCUT2D eigenvalue weighted by Gasteiger charge is 1.81. The van der Waals surface area contributed by atoms with Crippen LogP contribution in [-0.2, 0) is 0 Å². The zero-order chi connectivity index (χ0) is 5.86. The summed E-state index contributed by atoms with van der Waals surface area (Å²) in [7, 11) is 0. The first-order valence-corrected chi connectivity index (χ1v) is 1.90. The summed E-state index contributed by atoms with van der Waals surface area (Å²) in [5.74, 6) is 0. The Balaban J connectivity index is 3.98. The molecule has 40 valence electrons. The molecule has 0 heterocycles. The van der Waals surface area contributed by atoms with Gasteiger partial charge in [-0.1, -0.05) is 0 Å². The van der Waals surface area contributed by atoms with E-state index in [-0.39, 0.29) is 0 Å². The lowest BCUT2D eigenvalue weighted by Crippen LogP contribution is -2.06. The molecule has 0 amide bonds. The molecule has 3 nitrogen and oxygen atoms in total. The van der Waals surface area contributed by atoms with E-state index in [1.807, 2.05) is 0 Å². The first-order chi connectivity index (χ1) is 3.18. The Hall–Kier alpha value is -0.990. The van der Waals surface area contributed by atoms with E-state index < -0.39 is 0 Å². The van der Waals surface area contributed by atoms with Gasteiger partial charge in [-0.2, -0.15) is 0 Å². The maximum Gasteiger partial charge on any atom is 0.0680 e. The van der Waals surface area contributed by atoms with Gasteiger partial charge in [0.1, 0.15) is 0 Å². The molecule has 0 radical (unpaired) electrons. The predicted octanol–water partition coefficient (Wildman–Crippen LogP) is -0.215. The van der Waals surface area contributed by atoms with Crippen molar-refractivity contribution in [2.75, 3.05) is 0 Å². The van der Waals surface area contributed by atoms with Gasteiger partial charge in [0.15, 0.2) is 0 Å². The molecule has 0 bridgehead atoms. The minimum absolute atomic E-state index is 0.333. The summed E-state index contributed by atoms with van der Waals surface area (Å²) in [6, 6.07) is 0. The third kappa shape index (κ3) is 1.81. The van der Waals surface area contributed by atoms with Crippen molar-refractivity contribution >= 4 is 6.21 Å². The van der Waals surface area contributed by atoms with E-state index in [4.69, 9.17) is 16.9 Å². The van der Waals surface area contributed by atoms with Gasteiger partial charge < -0.3 is 16.9 Å². The van der Waals surface area contributed by atoms with Crippen LogP contribution in [0.3, 0.4) is 0 Å². The summed E-state index contributed by atoms with van der Waals surface area (Å²) in [5.41, 5.74) is 11.1. The van der Waals surface area contributed by atoms with Crippen LogP contribution in [0.25, 0.3) is 0 Å². The second-order valence-corrected chi connectivity index (χ2v) is 1.28. The van der Waals surface area contributed by atoms with Gasteiger partial charge in [-0.3, -0.25) is 0 Å². The van der Waals surface area contributed by atoms with Crippen molar-refractivity contribution in [2.45, 2.75) is 6.92 Å². The number of hydrogen-bond acceptors (Lipinski definition) is 3. The number of rotatable bonds is 1. The highest BCUT2D eigenvalue weighted by Crippen LogP contribution is 1.80. The SMILES string of the molecule is C/C(N)=C(\N)C=N. The van der Waals surface area contributed by atoms with Crippen LogP contribution in [0.2, 0.25) is 0 Å². The van der Waals surface area contributed by atoms with Crippen molar-refractivity contribution < 1.29 is 0 Å². The molecule has 0 atom stereocenters. The van der Waals surface area contributed by atoms with Gasteiger partial charge in [0.2, 0.25) is 0 Å². The van der Waals surface area contributed by atoms with Gasteiger partial charge >= 0.3 is 0 Å². The van der Waals surface area contributed by atoms with E-state index in [0.717, 1.165) is 6.21 Å². The quantitative estimate of drug-likeness (QED) is 0.398. The van der Waals surface area contributed by atoms with E-state index >= 15 is 0 Å². The second kappa shape index (κ2) is 2.23. The molecule has 0 aliphatic heterocycles. The highest BCUT2D eigenvalue weighted by molar-refractivity contribution is 5.74. The van der Waals surface area contributed by atoms with Crippen LogP contribution in [-0.4, -0.2) is 6.21 Å². The highest BCUT2D eigenvalue weighted by atomic mass is 14.7. The van der Waals surface area contributed by atoms with Crippen molar-refractivity contribution in [3.8, 4) is 0 Å². The number of nitrogens with one attached hydrogen (secondary N) is 1. The van der Waals surface area contributed by atoms with Crippen LogP contribution in [0.1, 0.15) is 6.92 Å². The van der Waals surface area contributed by atoms with Crippen molar-refractivity contribution in [1.29, 1.82) is 5.41 Å². The van der Waals surface area contributed by atoms with Gasteiger partial charge in [-0.05, 0) is 6.92 Å². The van der Waals surface area contributed by atoms with Gasteiger partial charge in [0.05, 0.1) is 5.70 Å². The van der Waals surface area contributed by atoms with Crippen LogP contribution in [0.4, 0.5) is 0 Å². The molecular weight excluding hydrogens is 90.1 g/mol. The van der Waals surface area contributed by atoms with Crippen LogP contribution < -0.4 is 11.5 Å². The summed E-state index contributed by atoms with van der Waals surface area (Å²) in [6.45, 7) is 1.65. The summed E-state index contributed by atoms with van der Waals surface area (Å²) in [4.78, 5) is 0. The maximum atomic E-state index is 6.55. The summed E-state index contributed by atoms with van der Waals surface area (Å²) < 4.78 is 0. The van der Waals surface area contributed by atoms with Gasteiger partial charge in [-0.25, -0.2) is 0 Å². The molecule has 5 N–H and O–H groups in total. The summed E-state index contributed by atoms with van der Waals surface area (Å²) in [5, 5.41) is 6.55. The molecule has 0 spiro atoms. The summed E-state index contributed by atoms with van der Waals surface area (Å²) in [6.07, 6.45) is 1.02. The fourth-order valence-corrected chi connectivity index (χ4v) is 0.114. The van der Waals surface area contributed by atoms with Crippen molar-refractivity contribution in [2.24, 2.45) is 11.5 Å². The molecule has 7 heavy (non-hydrogen) atoms. The van der Waals surface area contributed by atoms with Crippen LogP contribution in [0.15, 0.2) is 11.4 Å². The molecule has 0 aromatic carbocycles. The molecule has 0 rings (SSSR count). The molecule has 0 unspecified atom stereocenters.